The number of unbranched alkanes of at least 4 members (excludes halogenated alkanes) is 39. The topological polar surface area (TPSA) is 95.9 Å². The third-order valence-electron chi connectivity index (χ3n) is 13.6. The molecular formula is C62H115NO5. The van der Waals surface area contributed by atoms with Crippen molar-refractivity contribution in [1.82, 2.24) is 5.32 Å². The highest BCUT2D eigenvalue weighted by Crippen LogP contribution is 2.16. The van der Waals surface area contributed by atoms with E-state index in [0.29, 0.717) is 19.4 Å². The minimum atomic E-state index is -0.852. The zero-order valence-corrected chi connectivity index (χ0v) is 45.3. The van der Waals surface area contributed by atoms with Gasteiger partial charge in [0.05, 0.1) is 25.4 Å². The number of allylic oxidation sites excluding steroid dienone is 7. The second kappa shape index (κ2) is 57.4. The van der Waals surface area contributed by atoms with Crippen LogP contribution >= 0.6 is 0 Å². The van der Waals surface area contributed by atoms with Gasteiger partial charge in [0.2, 0.25) is 5.91 Å². The molecule has 0 radical (unpaired) electrons. The Labute approximate surface area is 423 Å². The van der Waals surface area contributed by atoms with Gasteiger partial charge >= 0.3 is 5.97 Å². The van der Waals surface area contributed by atoms with Gasteiger partial charge in [-0.25, -0.2) is 0 Å². The average molecular weight is 955 g/mol. The van der Waals surface area contributed by atoms with E-state index in [-0.39, 0.29) is 18.5 Å². The molecule has 0 heterocycles. The van der Waals surface area contributed by atoms with Crippen LogP contribution in [0.15, 0.2) is 48.6 Å². The van der Waals surface area contributed by atoms with E-state index in [1.807, 2.05) is 6.08 Å². The highest BCUT2D eigenvalue weighted by atomic mass is 16.5. The number of rotatable bonds is 55. The molecule has 0 saturated carbocycles. The molecule has 2 unspecified atom stereocenters. The summed E-state index contributed by atoms with van der Waals surface area (Å²) in [4.78, 5) is 24.5. The van der Waals surface area contributed by atoms with Crippen molar-refractivity contribution >= 4 is 11.9 Å². The van der Waals surface area contributed by atoms with E-state index in [0.717, 1.165) is 77.0 Å². The number of ether oxygens (including phenoxy) is 1. The summed E-state index contributed by atoms with van der Waals surface area (Å²) in [7, 11) is 0. The van der Waals surface area contributed by atoms with Crippen LogP contribution in [0.25, 0.3) is 0 Å². The van der Waals surface area contributed by atoms with Gasteiger partial charge in [0.25, 0.3) is 0 Å². The second-order valence-corrected chi connectivity index (χ2v) is 20.3. The Hall–Kier alpha value is -2.18. The third kappa shape index (κ3) is 53.2. The van der Waals surface area contributed by atoms with Gasteiger partial charge < -0.3 is 20.3 Å². The summed E-state index contributed by atoms with van der Waals surface area (Å²) in [5, 5.41) is 23.1. The number of aliphatic hydroxyl groups is 2. The van der Waals surface area contributed by atoms with Crippen molar-refractivity contribution in [2.75, 3.05) is 13.2 Å². The normalized spacial score (nSPS) is 12.9. The number of amides is 1. The predicted molar refractivity (Wildman–Crippen MR) is 296 cm³/mol. The molecule has 0 rings (SSSR count). The van der Waals surface area contributed by atoms with Crippen LogP contribution in [0.4, 0.5) is 0 Å². The van der Waals surface area contributed by atoms with Crippen LogP contribution in [-0.2, 0) is 14.3 Å². The van der Waals surface area contributed by atoms with E-state index < -0.39 is 12.1 Å². The molecule has 0 aromatic rings. The van der Waals surface area contributed by atoms with Gasteiger partial charge in [-0.05, 0) is 89.9 Å². The maximum Gasteiger partial charge on any atom is 0.305 e. The van der Waals surface area contributed by atoms with Crippen molar-refractivity contribution in [1.29, 1.82) is 0 Å². The van der Waals surface area contributed by atoms with Crippen LogP contribution in [0, 0.1) is 0 Å². The number of hydrogen-bond acceptors (Lipinski definition) is 5. The van der Waals surface area contributed by atoms with E-state index in [2.05, 4.69) is 55.6 Å². The molecule has 0 spiro atoms. The number of nitrogens with one attached hydrogen (secondary N) is 1. The lowest BCUT2D eigenvalue weighted by Gasteiger charge is -2.20. The number of hydrogen-bond donors (Lipinski definition) is 3. The van der Waals surface area contributed by atoms with Gasteiger partial charge in [0, 0.05) is 12.8 Å². The maximum atomic E-state index is 12.5. The Balaban J connectivity index is 3.51. The number of carbonyl (C=O) groups excluding carboxylic acids is 2. The minimum Gasteiger partial charge on any atom is -0.466 e. The van der Waals surface area contributed by atoms with Crippen LogP contribution in [0.2, 0.25) is 0 Å². The molecule has 0 aliphatic rings. The lowest BCUT2D eigenvalue weighted by molar-refractivity contribution is -0.143. The molecule has 3 N–H and O–H groups in total. The lowest BCUT2D eigenvalue weighted by atomic mass is 10.0. The number of aliphatic hydroxyl groups excluding tert-OH is 2. The summed E-state index contributed by atoms with van der Waals surface area (Å²) in [5.74, 6) is -0.0996. The second-order valence-electron chi connectivity index (χ2n) is 20.3. The number of esters is 1. The Kier molecular flexibility index (Phi) is 55.6. The van der Waals surface area contributed by atoms with Crippen LogP contribution in [0.5, 0.6) is 0 Å². The largest absolute Gasteiger partial charge is 0.466 e. The summed E-state index contributed by atoms with van der Waals surface area (Å²) >= 11 is 0. The SMILES string of the molecule is CCCCCCCC/C=C\CCCCCCCC(=O)OCCCCC/C=C\C=C/CCCCCCCCCCCCC(=O)NC(CO)C(O)/C=C/CCCCCCCCCCCCCCCCC. The maximum absolute atomic E-state index is 12.5. The fraction of sp³-hybridized carbons (Fsp3) is 0.839. The Bertz CT molecular complexity index is 1150. The van der Waals surface area contributed by atoms with Crippen molar-refractivity contribution in [2.45, 2.75) is 321 Å². The van der Waals surface area contributed by atoms with Crippen molar-refractivity contribution in [2.24, 2.45) is 0 Å². The quantitative estimate of drug-likeness (QED) is 0.0244. The van der Waals surface area contributed by atoms with E-state index in [1.54, 1.807) is 6.08 Å². The Morgan fingerprint density at radius 3 is 1.13 bits per heavy atom. The van der Waals surface area contributed by atoms with Gasteiger partial charge in [-0.3, -0.25) is 9.59 Å². The molecule has 6 heteroatoms. The van der Waals surface area contributed by atoms with Gasteiger partial charge in [0.1, 0.15) is 0 Å². The molecule has 0 fully saturated rings. The highest BCUT2D eigenvalue weighted by Gasteiger charge is 2.18. The molecule has 6 nitrogen and oxygen atoms in total. The van der Waals surface area contributed by atoms with Crippen molar-refractivity contribution in [3.8, 4) is 0 Å². The molecule has 0 aromatic carbocycles. The first kappa shape index (κ1) is 65.8. The van der Waals surface area contributed by atoms with Crippen molar-refractivity contribution in [3.05, 3.63) is 48.6 Å². The first-order valence-electron chi connectivity index (χ1n) is 29.9. The van der Waals surface area contributed by atoms with Crippen LogP contribution in [0.1, 0.15) is 309 Å². The molecule has 1 amide bonds. The van der Waals surface area contributed by atoms with Crippen LogP contribution in [0.3, 0.4) is 0 Å². The van der Waals surface area contributed by atoms with E-state index in [9.17, 15) is 19.8 Å². The Morgan fingerprint density at radius 2 is 0.735 bits per heavy atom. The first-order valence-corrected chi connectivity index (χ1v) is 29.9. The van der Waals surface area contributed by atoms with Gasteiger partial charge in [-0.1, -0.05) is 255 Å². The van der Waals surface area contributed by atoms with Crippen molar-refractivity contribution in [3.63, 3.8) is 0 Å². The molecule has 2 atom stereocenters. The third-order valence-corrected chi connectivity index (χ3v) is 13.6. The molecule has 0 aromatic heterocycles. The zero-order valence-electron chi connectivity index (χ0n) is 45.3. The fourth-order valence-electron chi connectivity index (χ4n) is 8.97. The van der Waals surface area contributed by atoms with Crippen LogP contribution < -0.4 is 5.32 Å². The minimum absolute atomic E-state index is 0.0224. The Morgan fingerprint density at radius 1 is 0.412 bits per heavy atom. The average Bonchev–Trinajstić information content (AvgIpc) is 3.34. The standard InChI is InChI=1S/C62H115NO5/c1-3-5-7-9-11-13-15-17-19-23-27-30-34-38-42-46-50-54-60(65)59(58-64)63-61(66)55-51-47-43-39-35-31-28-24-21-20-22-25-29-33-37-41-45-49-53-57-68-62(67)56-52-48-44-40-36-32-26-18-16-14-12-10-8-6-4-2/h18,25-26,29,33,37,50,54,59-60,64-65H,3-17,19-24,27-28,30-32,34-36,38-49,51-53,55-58H2,1-2H3,(H,63,66)/b26-18-,29-25-,37-33-,54-50+. The summed E-state index contributed by atoms with van der Waals surface area (Å²) in [5.41, 5.74) is 0. The van der Waals surface area contributed by atoms with Gasteiger partial charge in [-0.15, -0.1) is 0 Å². The lowest BCUT2D eigenvalue weighted by Crippen LogP contribution is -2.45. The molecule has 0 saturated heterocycles. The van der Waals surface area contributed by atoms with E-state index in [1.165, 1.54) is 205 Å². The van der Waals surface area contributed by atoms with Crippen molar-refractivity contribution < 1.29 is 24.5 Å². The summed E-state index contributed by atoms with van der Waals surface area (Å²) in [6.45, 7) is 4.86. The summed E-state index contributed by atoms with van der Waals surface area (Å²) in [6.07, 6.45) is 72.8. The first-order chi connectivity index (χ1) is 33.5. The van der Waals surface area contributed by atoms with Gasteiger partial charge in [0.15, 0.2) is 0 Å². The predicted octanol–water partition coefficient (Wildman–Crippen LogP) is 18.6. The smallest absolute Gasteiger partial charge is 0.305 e. The van der Waals surface area contributed by atoms with E-state index in [4.69, 9.17) is 4.74 Å². The highest BCUT2D eigenvalue weighted by molar-refractivity contribution is 5.76. The number of carbonyl (C=O) groups is 2. The van der Waals surface area contributed by atoms with E-state index >= 15 is 0 Å². The summed E-state index contributed by atoms with van der Waals surface area (Å²) < 4.78 is 5.45. The summed E-state index contributed by atoms with van der Waals surface area (Å²) in [6, 6.07) is -0.637. The fourth-order valence-corrected chi connectivity index (χ4v) is 8.97. The molecule has 68 heavy (non-hydrogen) atoms. The molecule has 0 bridgehead atoms. The van der Waals surface area contributed by atoms with Gasteiger partial charge in [-0.2, -0.15) is 0 Å². The monoisotopic (exact) mass is 954 g/mol. The van der Waals surface area contributed by atoms with Crippen LogP contribution in [-0.4, -0.2) is 47.4 Å². The molecular weight excluding hydrogens is 839 g/mol. The molecule has 0 aliphatic carbocycles. The molecule has 0 aliphatic heterocycles. The molecule has 398 valence electrons. The zero-order chi connectivity index (χ0) is 49.3.